The van der Waals surface area contributed by atoms with Crippen LogP contribution in [0.5, 0.6) is 0 Å². The first kappa shape index (κ1) is 14.3. The second-order valence-corrected chi connectivity index (χ2v) is 5.87. The first-order valence-corrected chi connectivity index (χ1v) is 6.84. The van der Waals surface area contributed by atoms with Gasteiger partial charge in [0.15, 0.2) is 0 Å². The molecular formula is C13H23N3O3. The number of aliphatic hydroxyl groups is 1. The summed E-state index contributed by atoms with van der Waals surface area (Å²) < 4.78 is 0. The lowest BCUT2D eigenvalue weighted by atomic mass is 9.71. The predicted octanol–water partition coefficient (Wildman–Crippen LogP) is -0.962. The van der Waals surface area contributed by atoms with Crippen LogP contribution in [0.1, 0.15) is 19.3 Å². The molecule has 2 amide bonds. The van der Waals surface area contributed by atoms with Gasteiger partial charge in [0.1, 0.15) is 0 Å². The number of rotatable bonds is 2. The van der Waals surface area contributed by atoms with Crippen LogP contribution in [0, 0.1) is 5.41 Å². The minimum atomic E-state index is -0.793. The summed E-state index contributed by atoms with van der Waals surface area (Å²) in [5, 5.41) is 13.1. The molecule has 108 valence electrons. The number of carbonyl (C=O) groups is 2. The summed E-state index contributed by atoms with van der Waals surface area (Å²) >= 11 is 0. The van der Waals surface area contributed by atoms with Gasteiger partial charge in [-0.25, -0.2) is 0 Å². The van der Waals surface area contributed by atoms with Crippen LogP contribution in [0.3, 0.4) is 0 Å². The van der Waals surface area contributed by atoms with Crippen LogP contribution in [0.2, 0.25) is 0 Å². The molecule has 2 saturated heterocycles. The number of carbonyl (C=O) groups excluding carboxylic acids is 2. The van der Waals surface area contributed by atoms with Gasteiger partial charge in [-0.05, 0) is 33.4 Å². The van der Waals surface area contributed by atoms with Crippen molar-refractivity contribution >= 4 is 11.8 Å². The number of likely N-dealkylation sites (N-methyl/N-ethyl adjacent to an activating group) is 1. The Morgan fingerprint density at radius 1 is 1.58 bits per heavy atom. The summed E-state index contributed by atoms with van der Waals surface area (Å²) in [6, 6.07) is 0. The van der Waals surface area contributed by atoms with Gasteiger partial charge in [0, 0.05) is 19.6 Å². The van der Waals surface area contributed by atoms with Crippen molar-refractivity contribution in [3.8, 4) is 0 Å². The summed E-state index contributed by atoms with van der Waals surface area (Å²) in [7, 11) is 3.69. The van der Waals surface area contributed by atoms with Gasteiger partial charge < -0.3 is 20.2 Å². The van der Waals surface area contributed by atoms with Crippen molar-refractivity contribution in [1.29, 1.82) is 0 Å². The summed E-state index contributed by atoms with van der Waals surface area (Å²) in [6.45, 7) is 1.88. The Labute approximate surface area is 113 Å². The van der Waals surface area contributed by atoms with Crippen LogP contribution in [0.4, 0.5) is 0 Å². The van der Waals surface area contributed by atoms with Gasteiger partial charge in [0.05, 0.1) is 18.1 Å². The molecule has 2 heterocycles. The average molecular weight is 269 g/mol. The van der Waals surface area contributed by atoms with Crippen LogP contribution in [-0.4, -0.2) is 73.1 Å². The Balaban J connectivity index is 2.11. The van der Waals surface area contributed by atoms with E-state index in [2.05, 4.69) is 5.32 Å². The van der Waals surface area contributed by atoms with E-state index in [-0.39, 0.29) is 11.8 Å². The van der Waals surface area contributed by atoms with Gasteiger partial charge >= 0.3 is 0 Å². The number of piperidine rings is 2. The molecule has 0 aromatic rings. The maximum Gasteiger partial charge on any atom is 0.236 e. The second kappa shape index (κ2) is 5.46. The molecule has 19 heavy (non-hydrogen) atoms. The molecule has 2 rings (SSSR count). The Bertz CT molecular complexity index is 372. The molecule has 0 radical (unpaired) electrons. The Morgan fingerprint density at radius 2 is 2.32 bits per heavy atom. The van der Waals surface area contributed by atoms with E-state index in [4.69, 9.17) is 0 Å². The monoisotopic (exact) mass is 269 g/mol. The first-order valence-electron chi connectivity index (χ1n) is 6.84. The van der Waals surface area contributed by atoms with Gasteiger partial charge in [0.2, 0.25) is 11.8 Å². The molecule has 6 nitrogen and oxygen atoms in total. The fourth-order valence-electron chi connectivity index (χ4n) is 3.03. The lowest BCUT2D eigenvalue weighted by Gasteiger charge is -2.47. The normalized spacial score (nSPS) is 31.7. The Kier molecular flexibility index (Phi) is 4.10. The molecule has 0 aromatic heterocycles. The van der Waals surface area contributed by atoms with Crippen LogP contribution in [-0.2, 0) is 9.59 Å². The second-order valence-electron chi connectivity index (χ2n) is 5.87. The highest BCUT2D eigenvalue weighted by Crippen LogP contribution is 2.37. The maximum absolute atomic E-state index is 12.2. The van der Waals surface area contributed by atoms with Gasteiger partial charge in [-0.1, -0.05) is 0 Å². The van der Waals surface area contributed by atoms with Crippen LogP contribution in [0.15, 0.2) is 0 Å². The molecule has 0 bridgehead atoms. The molecule has 2 N–H and O–H groups in total. The van der Waals surface area contributed by atoms with E-state index in [0.29, 0.717) is 39.0 Å². The van der Waals surface area contributed by atoms with Crippen molar-refractivity contribution in [2.45, 2.75) is 25.4 Å². The molecule has 2 fully saturated rings. The molecule has 2 aliphatic heterocycles. The smallest absolute Gasteiger partial charge is 0.236 e. The molecular weight excluding hydrogens is 246 g/mol. The highest BCUT2D eigenvalue weighted by Gasteiger charge is 2.50. The first-order chi connectivity index (χ1) is 8.95. The molecule has 0 saturated carbocycles. The lowest BCUT2D eigenvalue weighted by Crippen LogP contribution is -2.62. The van der Waals surface area contributed by atoms with E-state index in [1.807, 2.05) is 19.0 Å². The maximum atomic E-state index is 12.2. The van der Waals surface area contributed by atoms with E-state index >= 15 is 0 Å². The van der Waals surface area contributed by atoms with E-state index in [1.165, 1.54) is 0 Å². The predicted molar refractivity (Wildman–Crippen MR) is 70.4 cm³/mol. The lowest BCUT2D eigenvalue weighted by molar-refractivity contribution is -0.154. The Morgan fingerprint density at radius 3 is 2.95 bits per heavy atom. The summed E-state index contributed by atoms with van der Waals surface area (Å²) in [5.74, 6) is -0.0803. The number of aliphatic hydroxyl groups excluding tert-OH is 1. The van der Waals surface area contributed by atoms with Gasteiger partial charge in [-0.2, -0.15) is 0 Å². The zero-order valence-corrected chi connectivity index (χ0v) is 11.7. The highest BCUT2D eigenvalue weighted by atomic mass is 16.3. The summed E-state index contributed by atoms with van der Waals surface area (Å²) in [4.78, 5) is 27.8. The number of hydrogen-bond donors (Lipinski definition) is 2. The van der Waals surface area contributed by atoms with Gasteiger partial charge in [-0.15, -0.1) is 0 Å². The van der Waals surface area contributed by atoms with Crippen LogP contribution >= 0.6 is 0 Å². The third kappa shape index (κ3) is 2.74. The third-order valence-electron chi connectivity index (χ3n) is 4.12. The number of hydrogen-bond acceptors (Lipinski definition) is 4. The quantitative estimate of drug-likeness (QED) is 0.677. The fourth-order valence-corrected chi connectivity index (χ4v) is 3.03. The van der Waals surface area contributed by atoms with Crippen molar-refractivity contribution in [2.24, 2.45) is 5.41 Å². The molecule has 2 atom stereocenters. The average Bonchev–Trinajstić information content (AvgIpc) is 2.35. The van der Waals surface area contributed by atoms with Crippen molar-refractivity contribution in [2.75, 3.05) is 40.3 Å². The van der Waals surface area contributed by atoms with Crippen molar-refractivity contribution in [3.63, 3.8) is 0 Å². The topological polar surface area (TPSA) is 72.9 Å². The van der Waals surface area contributed by atoms with E-state index < -0.39 is 11.5 Å². The van der Waals surface area contributed by atoms with Crippen molar-refractivity contribution in [1.82, 2.24) is 15.1 Å². The number of nitrogens with zero attached hydrogens (tertiary/aromatic N) is 2. The SMILES string of the molecule is CN(C)CC(=O)N1CC[C@H](O)[C@@]2(CCCNC2=O)C1. The molecule has 2 aliphatic rings. The minimum absolute atomic E-state index is 0.0228. The highest BCUT2D eigenvalue weighted by molar-refractivity contribution is 5.86. The number of amides is 2. The summed E-state index contributed by atoms with van der Waals surface area (Å²) in [5.41, 5.74) is -0.793. The van der Waals surface area contributed by atoms with Gasteiger partial charge in [0.25, 0.3) is 0 Å². The van der Waals surface area contributed by atoms with E-state index in [9.17, 15) is 14.7 Å². The van der Waals surface area contributed by atoms with Crippen LogP contribution < -0.4 is 5.32 Å². The van der Waals surface area contributed by atoms with E-state index in [0.717, 1.165) is 6.42 Å². The van der Waals surface area contributed by atoms with Crippen LogP contribution in [0.25, 0.3) is 0 Å². The van der Waals surface area contributed by atoms with Crippen molar-refractivity contribution < 1.29 is 14.7 Å². The minimum Gasteiger partial charge on any atom is -0.392 e. The molecule has 1 spiro atoms. The number of likely N-dealkylation sites (tertiary alicyclic amines) is 1. The largest absolute Gasteiger partial charge is 0.392 e. The zero-order chi connectivity index (χ0) is 14.0. The standard InChI is InChI=1S/C13H23N3O3/c1-15(2)8-11(18)16-7-4-10(17)13(9-16)5-3-6-14-12(13)19/h10,17H,3-9H2,1-2H3,(H,14,19)/t10-,13+/m0/s1. The van der Waals surface area contributed by atoms with Gasteiger partial charge in [-0.3, -0.25) is 9.59 Å². The zero-order valence-electron chi connectivity index (χ0n) is 11.7. The van der Waals surface area contributed by atoms with Crippen molar-refractivity contribution in [3.05, 3.63) is 0 Å². The molecule has 6 heteroatoms. The summed E-state index contributed by atoms with van der Waals surface area (Å²) in [6.07, 6.45) is 1.35. The number of nitrogens with one attached hydrogen (secondary N) is 1. The molecule has 0 aliphatic carbocycles. The molecule has 0 aromatic carbocycles. The third-order valence-corrected chi connectivity index (χ3v) is 4.12. The van der Waals surface area contributed by atoms with E-state index in [1.54, 1.807) is 4.90 Å². The fraction of sp³-hybridized carbons (Fsp3) is 0.846. The Hall–Kier alpha value is -1.14. The molecule has 0 unspecified atom stereocenters.